The molecule has 0 heterocycles. The maximum atomic E-state index is 8.16. The number of benzene rings is 2. The molecule has 2 rings (SSSR count). The second kappa shape index (κ2) is 7.16. The van der Waals surface area contributed by atoms with Crippen LogP contribution in [0.3, 0.4) is 0 Å². The summed E-state index contributed by atoms with van der Waals surface area (Å²) in [5.41, 5.74) is 0.833. The first kappa shape index (κ1) is 10.8. The first-order valence-electron chi connectivity index (χ1n) is 4.63. The average molecular weight is 196 g/mol. The van der Waals surface area contributed by atoms with E-state index >= 15 is 0 Å². The van der Waals surface area contributed by atoms with Gasteiger partial charge in [0.05, 0.1) is 0 Å². The van der Waals surface area contributed by atoms with E-state index in [0.717, 1.165) is 5.69 Å². The van der Waals surface area contributed by atoms with Crippen LogP contribution in [0.5, 0.6) is 0 Å². The molecule has 0 bridgehead atoms. The minimum absolute atomic E-state index is 0.833. The van der Waals surface area contributed by atoms with E-state index < -0.39 is 0 Å². The Morgan fingerprint density at radius 1 is 0.733 bits per heavy atom. The van der Waals surface area contributed by atoms with Crippen LogP contribution in [0, 0.1) is 11.5 Å². The van der Waals surface area contributed by atoms with Gasteiger partial charge in [0.2, 0.25) is 0 Å². The predicted octanol–water partition coefficient (Wildman–Crippen LogP) is 3.27. The normalized spacial score (nSPS) is 7.93. The molecule has 0 aliphatic heterocycles. The van der Waals surface area contributed by atoms with Crippen LogP contribution >= 0.6 is 0 Å². The largest absolute Gasteiger partial charge is 0.293 e. The highest BCUT2D eigenvalue weighted by Gasteiger charge is 1.81. The van der Waals surface area contributed by atoms with E-state index in [2.05, 4.69) is 5.32 Å². The highest BCUT2D eigenvalue weighted by molar-refractivity contribution is 5.45. The summed E-state index contributed by atoms with van der Waals surface area (Å²) in [5, 5.41) is 10.7. The quantitative estimate of drug-likeness (QED) is 0.561. The van der Waals surface area contributed by atoms with Crippen molar-refractivity contribution in [3.63, 3.8) is 0 Å². The lowest BCUT2D eigenvalue weighted by Crippen LogP contribution is -1.83. The van der Waals surface area contributed by atoms with Gasteiger partial charge in [-0.05, 0) is 12.1 Å². The molecular weight excluding hydrogens is 184 g/mol. The van der Waals surface area contributed by atoms with Crippen LogP contribution in [0.15, 0.2) is 66.7 Å². The molecule has 0 aliphatic carbocycles. The molecule has 0 saturated carbocycles. The molecular formula is C13H12N2. The predicted molar refractivity (Wildman–Crippen MR) is 62.1 cm³/mol. The van der Waals surface area contributed by atoms with E-state index in [1.807, 2.05) is 72.9 Å². The van der Waals surface area contributed by atoms with Crippen molar-refractivity contribution in [2.24, 2.45) is 0 Å². The zero-order chi connectivity index (χ0) is 10.8. The molecule has 0 radical (unpaired) electrons. The van der Waals surface area contributed by atoms with Crippen molar-refractivity contribution in [2.75, 3.05) is 5.32 Å². The van der Waals surface area contributed by atoms with Crippen molar-refractivity contribution < 1.29 is 0 Å². The van der Waals surface area contributed by atoms with Gasteiger partial charge in [-0.2, -0.15) is 5.26 Å². The second-order valence-electron chi connectivity index (χ2n) is 2.76. The number of nitrogens with one attached hydrogen (secondary N) is 1. The molecule has 0 aliphatic rings. The maximum absolute atomic E-state index is 8.16. The zero-order valence-electron chi connectivity index (χ0n) is 8.30. The lowest BCUT2D eigenvalue weighted by atomic mass is 10.3. The Morgan fingerprint density at radius 2 is 1.13 bits per heavy atom. The van der Waals surface area contributed by atoms with Gasteiger partial charge in [0, 0.05) is 5.69 Å². The molecule has 2 nitrogen and oxygen atoms in total. The fraction of sp³-hybridized carbons (Fsp3) is 0. The van der Waals surface area contributed by atoms with E-state index in [0.29, 0.717) is 0 Å². The number of nitriles is 1. The molecule has 1 N–H and O–H groups in total. The van der Waals surface area contributed by atoms with E-state index in [9.17, 15) is 0 Å². The summed E-state index contributed by atoms with van der Waals surface area (Å²) in [5.74, 6) is 0. The zero-order valence-corrected chi connectivity index (χ0v) is 8.30. The minimum Gasteiger partial charge on any atom is -0.293 e. The molecule has 0 atom stereocenters. The van der Waals surface area contributed by atoms with Gasteiger partial charge in [-0.15, -0.1) is 0 Å². The van der Waals surface area contributed by atoms with Crippen LogP contribution in [0.2, 0.25) is 0 Å². The van der Waals surface area contributed by atoms with E-state index in [1.54, 1.807) is 0 Å². The van der Waals surface area contributed by atoms with Crippen molar-refractivity contribution in [3.05, 3.63) is 66.7 Å². The summed E-state index contributed by atoms with van der Waals surface area (Å²) in [7, 11) is 0. The Labute approximate surface area is 89.8 Å². The summed E-state index contributed by atoms with van der Waals surface area (Å²) in [6.07, 6.45) is 1.83. The van der Waals surface area contributed by atoms with Gasteiger partial charge in [-0.25, -0.2) is 0 Å². The SMILES string of the molecule is N#CNc1ccccc1.c1ccccc1. The lowest BCUT2D eigenvalue weighted by molar-refractivity contribution is 1.47. The van der Waals surface area contributed by atoms with Gasteiger partial charge in [0.15, 0.2) is 6.19 Å². The molecule has 15 heavy (non-hydrogen) atoms. The molecule has 0 aromatic heterocycles. The van der Waals surface area contributed by atoms with Crippen LogP contribution in [0.1, 0.15) is 0 Å². The third-order valence-corrected chi connectivity index (χ3v) is 1.64. The van der Waals surface area contributed by atoms with Gasteiger partial charge in [0.25, 0.3) is 0 Å². The Hall–Kier alpha value is -2.27. The third-order valence-electron chi connectivity index (χ3n) is 1.64. The smallest absolute Gasteiger partial charge is 0.181 e. The van der Waals surface area contributed by atoms with Crippen molar-refractivity contribution in [2.45, 2.75) is 0 Å². The molecule has 0 amide bonds. The Balaban J connectivity index is 0.000000162. The molecule has 2 aromatic carbocycles. The summed E-state index contributed by atoms with van der Waals surface area (Å²) in [4.78, 5) is 0. The number of anilines is 1. The van der Waals surface area contributed by atoms with Crippen LogP contribution in [-0.2, 0) is 0 Å². The lowest BCUT2D eigenvalue weighted by Gasteiger charge is -1.91. The highest BCUT2D eigenvalue weighted by atomic mass is 14.9. The number of rotatable bonds is 1. The number of para-hydroxylation sites is 1. The van der Waals surface area contributed by atoms with Crippen LogP contribution in [0.4, 0.5) is 5.69 Å². The summed E-state index contributed by atoms with van der Waals surface area (Å²) >= 11 is 0. The standard InChI is InChI=1S/C7H6N2.C6H6/c8-6-9-7-4-2-1-3-5-7;1-2-4-6-5-3-1/h1-5,9H;1-6H. The van der Waals surface area contributed by atoms with E-state index in [4.69, 9.17) is 5.26 Å². The van der Waals surface area contributed by atoms with Crippen LogP contribution in [0.25, 0.3) is 0 Å². The van der Waals surface area contributed by atoms with Crippen molar-refractivity contribution in [1.82, 2.24) is 0 Å². The topological polar surface area (TPSA) is 35.8 Å². The minimum atomic E-state index is 0.833. The van der Waals surface area contributed by atoms with E-state index in [-0.39, 0.29) is 0 Å². The Morgan fingerprint density at radius 3 is 1.53 bits per heavy atom. The van der Waals surface area contributed by atoms with E-state index in [1.165, 1.54) is 0 Å². The Bertz CT molecular complexity index is 363. The molecule has 0 unspecified atom stereocenters. The summed E-state index contributed by atoms with van der Waals surface area (Å²) < 4.78 is 0. The maximum Gasteiger partial charge on any atom is 0.181 e. The molecule has 2 aromatic rings. The second-order valence-corrected chi connectivity index (χ2v) is 2.76. The highest BCUT2D eigenvalue weighted by Crippen LogP contribution is 2.02. The number of nitrogens with zero attached hydrogens (tertiary/aromatic N) is 1. The first-order valence-corrected chi connectivity index (χ1v) is 4.63. The van der Waals surface area contributed by atoms with Gasteiger partial charge in [-0.3, -0.25) is 5.32 Å². The van der Waals surface area contributed by atoms with Gasteiger partial charge in [0.1, 0.15) is 0 Å². The number of hydrogen-bond acceptors (Lipinski definition) is 2. The molecule has 0 fully saturated rings. The van der Waals surface area contributed by atoms with Gasteiger partial charge in [-0.1, -0.05) is 54.6 Å². The third kappa shape index (κ3) is 5.12. The summed E-state index contributed by atoms with van der Waals surface area (Å²) in [6.45, 7) is 0. The fourth-order valence-electron chi connectivity index (χ4n) is 0.971. The molecule has 2 heteroatoms. The van der Waals surface area contributed by atoms with Crippen LogP contribution < -0.4 is 5.32 Å². The van der Waals surface area contributed by atoms with Crippen molar-refractivity contribution in [1.29, 1.82) is 5.26 Å². The fourth-order valence-corrected chi connectivity index (χ4v) is 0.971. The monoisotopic (exact) mass is 196 g/mol. The molecule has 0 spiro atoms. The van der Waals surface area contributed by atoms with Gasteiger partial charge < -0.3 is 0 Å². The first-order chi connectivity index (χ1) is 7.43. The molecule has 0 saturated heterocycles. The average Bonchev–Trinajstić information content (AvgIpc) is 2.34. The van der Waals surface area contributed by atoms with Crippen molar-refractivity contribution in [3.8, 4) is 6.19 Å². The van der Waals surface area contributed by atoms with Gasteiger partial charge >= 0.3 is 0 Å². The molecule has 74 valence electrons. The number of hydrogen-bond donors (Lipinski definition) is 1. The van der Waals surface area contributed by atoms with Crippen LogP contribution in [-0.4, -0.2) is 0 Å². The van der Waals surface area contributed by atoms with Crippen molar-refractivity contribution >= 4 is 5.69 Å². The Kier molecular flexibility index (Phi) is 5.16. The summed E-state index contributed by atoms with van der Waals surface area (Å²) in [6, 6.07) is 21.3.